The van der Waals surface area contributed by atoms with E-state index in [9.17, 15) is 58.9 Å². The first kappa shape index (κ1) is 64.6. The van der Waals surface area contributed by atoms with E-state index in [1.54, 1.807) is 6.08 Å². The summed E-state index contributed by atoms with van der Waals surface area (Å²) < 4.78 is 49.2. The molecule has 398 valence electrons. The molecule has 1 aliphatic carbocycles. The fraction of sp³-hybridized carbons (Fsp3) is 0.608. The van der Waals surface area contributed by atoms with Crippen LogP contribution in [-0.2, 0) is 41.8 Å². The smallest absolute Gasteiger partial charge is 0.462 e. The second-order valence-electron chi connectivity index (χ2n) is 16.6. The highest BCUT2D eigenvalue weighted by atomic mass is 31.2. The van der Waals surface area contributed by atoms with Gasteiger partial charge in [-0.1, -0.05) is 136 Å². The molecule has 8 N–H and O–H groups in total. The number of ether oxygens (including phenoxy) is 2. The van der Waals surface area contributed by atoms with Gasteiger partial charge in [0.25, 0.3) is 0 Å². The van der Waals surface area contributed by atoms with Crippen LogP contribution in [-0.4, -0.2) is 114 Å². The third kappa shape index (κ3) is 34.1. The molecule has 70 heavy (non-hydrogen) atoms. The molecule has 0 saturated heterocycles. The first-order valence-electron chi connectivity index (χ1n) is 24.5. The molecule has 19 heteroatoms. The van der Waals surface area contributed by atoms with Crippen molar-refractivity contribution in [2.24, 2.45) is 0 Å². The van der Waals surface area contributed by atoms with Crippen molar-refractivity contribution in [3.8, 4) is 0 Å². The van der Waals surface area contributed by atoms with Crippen LogP contribution in [0, 0.1) is 0 Å². The number of unbranched alkanes of at least 4 members (excludes halogenated alkanes) is 4. The van der Waals surface area contributed by atoms with E-state index < -0.39 is 83.5 Å². The molecule has 9 atom stereocenters. The van der Waals surface area contributed by atoms with Crippen LogP contribution >= 0.6 is 15.6 Å². The van der Waals surface area contributed by atoms with E-state index in [-0.39, 0.29) is 25.4 Å². The molecule has 0 aliphatic heterocycles. The van der Waals surface area contributed by atoms with Crippen molar-refractivity contribution in [2.75, 3.05) is 13.2 Å². The first-order chi connectivity index (χ1) is 33.5. The maximum atomic E-state index is 13.0. The van der Waals surface area contributed by atoms with Crippen LogP contribution < -0.4 is 0 Å². The van der Waals surface area contributed by atoms with Gasteiger partial charge in [-0.3, -0.25) is 23.2 Å². The number of esters is 2. The SMILES string of the molecule is CCCCC/C=C\C/C=C\C/C=C\C/C=C\C/C=C\CCC(=O)O[C@H](COC(=O)CCC/C=C\C/C=C\C/C=C\C/C=C\CC[C@@H](O)CC)COP(=O)(O)O[C@H]1C(O)C(O)C(O)[C@@H](OP(=O)(O)O)C1O. The number of rotatable bonds is 39. The Morgan fingerprint density at radius 1 is 0.514 bits per heavy atom. The average Bonchev–Trinajstić information content (AvgIpc) is 3.32. The quantitative estimate of drug-likeness (QED) is 0.0124. The van der Waals surface area contributed by atoms with Gasteiger partial charge in [-0.2, -0.15) is 0 Å². The molecular weight excluding hydrogens is 946 g/mol. The Hall–Kier alpha value is -3.38. The molecule has 0 aromatic rings. The molecule has 1 rings (SSSR count). The van der Waals surface area contributed by atoms with Gasteiger partial charge < -0.3 is 49.7 Å². The van der Waals surface area contributed by atoms with Gasteiger partial charge >= 0.3 is 27.6 Å². The summed E-state index contributed by atoms with van der Waals surface area (Å²) in [5.41, 5.74) is 0. The van der Waals surface area contributed by atoms with E-state index in [1.165, 1.54) is 19.3 Å². The Labute approximate surface area is 415 Å². The van der Waals surface area contributed by atoms with Gasteiger partial charge in [0.1, 0.15) is 43.2 Å². The Kier molecular flexibility index (Phi) is 37.1. The fourth-order valence-electron chi connectivity index (χ4n) is 6.51. The highest BCUT2D eigenvalue weighted by Gasteiger charge is 2.54. The van der Waals surface area contributed by atoms with E-state index >= 15 is 0 Å². The topological polar surface area (TPSA) is 276 Å². The second kappa shape index (κ2) is 40.1. The van der Waals surface area contributed by atoms with Crippen molar-refractivity contribution in [3.63, 3.8) is 0 Å². The van der Waals surface area contributed by atoms with E-state index in [0.29, 0.717) is 25.7 Å². The molecule has 1 aliphatic rings. The molecule has 0 heterocycles. The highest BCUT2D eigenvalue weighted by molar-refractivity contribution is 7.47. The maximum absolute atomic E-state index is 13.0. The Bertz CT molecular complexity index is 1780. The summed E-state index contributed by atoms with van der Waals surface area (Å²) >= 11 is 0. The highest BCUT2D eigenvalue weighted by Crippen LogP contribution is 2.49. The number of carbonyl (C=O) groups excluding carboxylic acids is 2. The summed E-state index contributed by atoms with van der Waals surface area (Å²) in [6.07, 6.45) is 35.7. The molecule has 17 nitrogen and oxygen atoms in total. The lowest BCUT2D eigenvalue weighted by atomic mass is 9.85. The number of hydrogen-bond donors (Lipinski definition) is 8. The van der Waals surface area contributed by atoms with Crippen molar-refractivity contribution in [2.45, 2.75) is 185 Å². The number of carbonyl (C=O) groups is 2. The Morgan fingerprint density at radius 2 is 0.957 bits per heavy atom. The van der Waals surface area contributed by atoms with E-state index in [4.69, 9.17) is 18.5 Å². The van der Waals surface area contributed by atoms with Gasteiger partial charge in [0, 0.05) is 12.8 Å². The van der Waals surface area contributed by atoms with Crippen LogP contribution in [0.1, 0.15) is 136 Å². The number of hydrogen-bond acceptors (Lipinski definition) is 14. The summed E-state index contributed by atoms with van der Waals surface area (Å²) in [6.45, 7) is 2.68. The van der Waals surface area contributed by atoms with Crippen LogP contribution in [0.4, 0.5) is 0 Å². The number of aliphatic hydroxyl groups is 5. The van der Waals surface area contributed by atoms with Crippen LogP contribution in [0.2, 0.25) is 0 Å². The minimum absolute atomic E-state index is 0.00938. The zero-order valence-electron chi connectivity index (χ0n) is 41.0. The summed E-state index contributed by atoms with van der Waals surface area (Å²) in [6, 6.07) is 0. The standard InChI is InChI=1S/C51H82O17P2/c1-3-5-6-7-8-9-10-11-12-13-14-15-16-21-24-27-30-33-36-39-45(54)66-43(41-65-70(62,63)68-51-48(57)46(55)47(56)50(49(51)58)67-69(59,60)61)40-64-44(53)38-35-32-29-26-23-20-18-17-19-22-25-28-31-34-37-42(52)4-2/h8-9,11-12,14-15,18-22,24,26,28-31,33,42-43,46-52,55-58H,3-7,10,13,16-17,23,25,27,32,34-41H2,1-2H3,(H,62,63)(H2,59,60,61)/b9-8-,12-11-,15-14-,20-18-,22-19-,24-21-,29-26-,31-28-,33-30-/t42-,43+,46?,47?,48?,49?,50+,51-/m0/s1. The van der Waals surface area contributed by atoms with Gasteiger partial charge in [-0.15, -0.1) is 0 Å². The fourth-order valence-corrected chi connectivity index (χ4v) is 8.05. The molecule has 0 spiro atoms. The van der Waals surface area contributed by atoms with Crippen molar-refractivity contribution < 1.29 is 82.0 Å². The molecule has 1 fully saturated rings. The van der Waals surface area contributed by atoms with Crippen molar-refractivity contribution >= 4 is 27.6 Å². The average molecular weight is 1030 g/mol. The number of aliphatic hydroxyl groups excluding tert-OH is 5. The van der Waals surface area contributed by atoms with E-state index in [0.717, 1.165) is 57.8 Å². The number of allylic oxidation sites excluding steroid dienone is 18. The predicted octanol–water partition coefficient (Wildman–Crippen LogP) is 8.70. The molecule has 5 unspecified atom stereocenters. The van der Waals surface area contributed by atoms with Crippen LogP contribution in [0.3, 0.4) is 0 Å². The lowest BCUT2D eigenvalue weighted by Crippen LogP contribution is -2.64. The van der Waals surface area contributed by atoms with Crippen molar-refractivity contribution in [1.82, 2.24) is 0 Å². The number of phosphoric ester groups is 2. The number of phosphoric acid groups is 2. The summed E-state index contributed by atoms with van der Waals surface area (Å²) in [5.74, 6) is -1.40. The minimum Gasteiger partial charge on any atom is -0.462 e. The molecule has 0 radical (unpaired) electrons. The van der Waals surface area contributed by atoms with Crippen LogP contribution in [0.15, 0.2) is 109 Å². The third-order valence-corrected chi connectivity index (χ3v) is 12.0. The van der Waals surface area contributed by atoms with E-state index in [2.05, 4.69) is 78.3 Å². The lowest BCUT2D eigenvalue weighted by Gasteiger charge is -2.43. The van der Waals surface area contributed by atoms with Crippen LogP contribution in [0.5, 0.6) is 0 Å². The third-order valence-electron chi connectivity index (χ3n) is 10.5. The molecular formula is C51H82O17P2. The Balaban J connectivity index is 2.68. The Morgan fingerprint density at radius 3 is 1.43 bits per heavy atom. The molecule has 0 bridgehead atoms. The van der Waals surface area contributed by atoms with E-state index in [1.807, 2.05) is 43.4 Å². The largest absolute Gasteiger partial charge is 0.472 e. The molecule has 0 aromatic heterocycles. The second-order valence-corrected chi connectivity index (χ2v) is 19.2. The first-order valence-corrected chi connectivity index (χ1v) is 27.5. The lowest BCUT2D eigenvalue weighted by molar-refractivity contribution is -0.216. The minimum atomic E-state index is -5.39. The van der Waals surface area contributed by atoms with Crippen molar-refractivity contribution in [1.29, 1.82) is 0 Å². The summed E-state index contributed by atoms with van der Waals surface area (Å²) in [5, 5.41) is 50.8. The normalized spacial score (nSPS) is 22.4. The van der Waals surface area contributed by atoms with Gasteiger partial charge in [0.2, 0.25) is 0 Å². The van der Waals surface area contributed by atoms with Crippen molar-refractivity contribution in [3.05, 3.63) is 109 Å². The van der Waals surface area contributed by atoms with Gasteiger partial charge in [-0.05, 0) is 96.3 Å². The summed E-state index contributed by atoms with van der Waals surface area (Å²) in [4.78, 5) is 54.3. The summed E-state index contributed by atoms with van der Waals surface area (Å²) in [7, 11) is -10.7. The van der Waals surface area contributed by atoms with Gasteiger partial charge in [0.05, 0.1) is 12.7 Å². The van der Waals surface area contributed by atoms with Crippen LogP contribution in [0.25, 0.3) is 0 Å². The van der Waals surface area contributed by atoms with Gasteiger partial charge in [0.15, 0.2) is 6.10 Å². The zero-order chi connectivity index (χ0) is 51.9. The zero-order valence-corrected chi connectivity index (χ0v) is 42.8. The predicted molar refractivity (Wildman–Crippen MR) is 270 cm³/mol. The monoisotopic (exact) mass is 1030 g/mol. The van der Waals surface area contributed by atoms with Gasteiger partial charge in [-0.25, -0.2) is 9.13 Å². The maximum Gasteiger partial charge on any atom is 0.472 e. The molecule has 1 saturated carbocycles. The molecule has 0 amide bonds. The molecule has 0 aromatic carbocycles.